The molecule has 0 rings (SSSR count). The first-order valence-corrected chi connectivity index (χ1v) is 5.23. The van der Waals surface area contributed by atoms with E-state index in [9.17, 15) is 19.2 Å². The molecule has 0 aliphatic carbocycles. The maximum absolute atomic E-state index is 9.90. The molecule has 5 N–H and O–H groups in total. The number of carboxylic acids is 4. The van der Waals surface area contributed by atoms with Crippen molar-refractivity contribution < 1.29 is 97.5 Å². The van der Waals surface area contributed by atoms with Gasteiger partial charge in [-0.2, -0.15) is 0 Å². The summed E-state index contributed by atoms with van der Waals surface area (Å²) in [5.41, 5.74) is 0. The van der Waals surface area contributed by atoms with Gasteiger partial charge in [0.1, 0.15) is 0 Å². The third-order valence-corrected chi connectivity index (χ3v) is 1.68. The number of hydrogen-bond acceptors (Lipinski definition) is 5. The van der Waals surface area contributed by atoms with Gasteiger partial charge in [0.2, 0.25) is 0 Å². The summed E-state index contributed by atoms with van der Waals surface area (Å²) in [6, 6.07) is 0. The summed E-state index contributed by atoms with van der Waals surface area (Å²) in [5, 5.41) is 40.4. The number of aliphatic hydroxyl groups excluding tert-OH is 1. The van der Waals surface area contributed by atoms with Crippen LogP contribution >= 0.6 is 0 Å². The second-order valence-corrected chi connectivity index (χ2v) is 3.45. The second-order valence-electron chi connectivity index (χ2n) is 3.45. The molecule has 0 bridgehead atoms. The van der Waals surface area contributed by atoms with Gasteiger partial charge in [0.05, 0.1) is 6.42 Å². The van der Waals surface area contributed by atoms with Crippen LogP contribution in [0.3, 0.4) is 0 Å². The van der Waals surface area contributed by atoms with Gasteiger partial charge < -0.3 is 27.0 Å². The van der Waals surface area contributed by atoms with Crippen molar-refractivity contribution in [2.45, 2.75) is 38.2 Å². The Labute approximate surface area is 158 Å². The first-order chi connectivity index (χ1) is 8.66. The van der Waals surface area contributed by atoms with Crippen molar-refractivity contribution >= 4 is 23.9 Å². The van der Waals surface area contributed by atoms with E-state index in [1.54, 1.807) is 0 Å². The average Bonchev–Trinajstić information content (AvgIpc) is 2.23. The summed E-state index contributed by atoms with van der Waals surface area (Å²) in [6.07, 6.45) is -1.53. The first kappa shape index (κ1) is 24.5. The van der Waals surface area contributed by atoms with Crippen molar-refractivity contribution in [2.24, 2.45) is 0 Å². The van der Waals surface area contributed by atoms with Crippen LogP contribution in [0.2, 0.25) is 0 Å². The summed E-state index contributed by atoms with van der Waals surface area (Å²) < 4.78 is 0. The molecular formula is C10H17KO9. The summed E-state index contributed by atoms with van der Waals surface area (Å²) in [7, 11) is 0. The minimum absolute atomic E-state index is 0. The number of rotatable bonds is 8. The number of aliphatic hydroxyl groups is 1. The third-order valence-electron chi connectivity index (χ3n) is 1.68. The zero-order valence-electron chi connectivity index (χ0n) is 12.0. The fourth-order valence-corrected chi connectivity index (χ4v) is 0.805. The molecule has 0 saturated heterocycles. The third kappa shape index (κ3) is 22.6. The molecule has 0 aromatic carbocycles. The van der Waals surface area contributed by atoms with Gasteiger partial charge in [-0.05, 0) is 12.8 Å². The van der Waals surface area contributed by atoms with Crippen LogP contribution in [0.4, 0.5) is 0 Å². The molecule has 0 amide bonds. The number of aliphatic carboxylic acids is 4. The number of carbonyl (C=O) groups is 4. The van der Waals surface area contributed by atoms with E-state index < -0.39 is 36.4 Å². The van der Waals surface area contributed by atoms with Crippen LogP contribution < -0.4 is 51.4 Å². The quantitative estimate of drug-likeness (QED) is 0.227. The van der Waals surface area contributed by atoms with Gasteiger partial charge in [-0.3, -0.25) is 14.4 Å². The molecule has 9 nitrogen and oxygen atoms in total. The molecule has 20 heavy (non-hydrogen) atoms. The Morgan fingerprint density at radius 2 is 1.15 bits per heavy atom. The summed E-state index contributed by atoms with van der Waals surface area (Å²) in [6.45, 7) is 0. The largest absolute Gasteiger partial charge is 1.00 e. The van der Waals surface area contributed by atoms with E-state index >= 15 is 0 Å². The van der Waals surface area contributed by atoms with Gasteiger partial charge in [-0.15, -0.1) is 0 Å². The monoisotopic (exact) mass is 320 g/mol. The molecule has 0 heterocycles. The summed E-state index contributed by atoms with van der Waals surface area (Å²) in [4.78, 5) is 39.2. The van der Waals surface area contributed by atoms with Crippen LogP contribution in [-0.2, 0) is 19.2 Å². The molecule has 0 aliphatic rings. The molecule has 0 fully saturated rings. The normalized spacial score (nSPS) is 10.2. The van der Waals surface area contributed by atoms with E-state index in [-0.39, 0.29) is 65.7 Å². The minimum Gasteiger partial charge on any atom is -1.00 e. The Balaban J connectivity index is -0.000000126. The van der Waals surface area contributed by atoms with Gasteiger partial charge in [-0.25, -0.2) is 4.79 Å². The van der Waals surface area contributed by atoms with Crippen LogP contribution in [0, 0.1) is 0 Å². The molecular weight excluding hydrogens is 303 g/mol. The number of hydrogen-bond donors (Lipinski definition) is 5. The SMILES string of the molecule is O=C(O)CC(O)C(=O)O.O=C(O)CCCCC(=O)O.[H-].[K+]. The van der Waals surface area contributed by atoms with E-state index in [0.717, 1.165) is 0 Å². The van der Waals surface area contributed by atoms with Crippen LogP contribution in [0.15, 0.2) is 0 Å². The molecule has 1 atom stereocenters. The van der Waals surface area contributed by atoms with Crippen molar-refractivity contribution in [1.82, 2.24) is 0 Å². The fraction of sp³-hybridized carbons (Fsp3) is 0.600. The van der Waals surface area contributed by atoms with Gasteiger partial charge >= 0.3 is 75.3 Å². The van der Waals surface area contributed by atoms with E-state index in [2.05, 4.69) is 0 Å². The molecule has 112 valence electrons. The van der Waals surface area contributed by atoms with Crippen LogP contribution in [0.5, 0.6) is 0 Å². The number of unbranched alkanes of at least 4 members (excludes halogenated alkanes) is 1. The Kier molecular flexibility index (Phi) is 18.2. The summed E-state index contributed by atoms with van der Waals surface area (Å²) >= 11 is 0. The Morgan fingerprint density at radius 3 is 1.30 bits per heavy atom. The number of carboxylic acid groups (broad SMARTS) is 4. The first-order valence-electron chi connectivity index (χ1n) is 5.23. The smallest absolute Gasteiger partial charge is 1.00 e. The van der Waals surface area contributed by atoms with Crippen LogP contribution in [0.25, 0.3) is 0 Å². The van der Waals surface area contributed by atoms with Crippen molar-refractivity contribution in [3.05, 3.63) is 0 Å². The van der Waals surface area contributed by atoms with Crippen molar-refractivity contribution in [3.8, 4) is 0 Å². The molecule has 0 aromatic rings. The second kappa shape index (κ2) is 14.9. The molecule has 1 unspecified atom stereocenters. The summed E-state index contributed by atoms with van der Waals surface area (Å²) in [5.74, 6) is -4.59. The molecule has 0 aliphatic heterocycles. The fourth-order valence-electron chi connectivity index (χ4n) is 0.805. The minimum atomic E-state index is -1.79. The predicted molar refractivity (Wildman–Crippen MR) is 60.7 cm³/mol. The zero-order valence-corrected chi connectivity index (χ0v) is 14.1. The standard InChI is InChI=1S/C6H10O4.C4H6O5.K.H/c7-5(8)3-1-2-4-6(9)10;5-2(4(8)9)1-3(6)7;;/h1-4H2,(H,7,8)(H,9,10);2,5H,1H2,(H,6,7)(H,8,9);;/q;;+1;-1. The molecule has 10 heteroatoms. The van der Waals surface area contributed by atoms with Crippen LogP contribution in [-0.4, -0.2) is 55.5 Å². The van der Waals surface area contributed by atoms with Gasteiger partial charge in [-0.1, -0.05) is 0 Å². The van der Waals surface area contributed by atoms with Gasteiger partial charge in [0.15, 0.2) is 6.10 Å². The van der Waals surface area contributed by atoms with Gasteiger partial charge in [0.25, 0.3) is 0 Å². The van der Waals surface area contributed by atoms with E-state index in [4.69, 9.17) is 25.5 Å². The Bertz CT molecular complexity index is 318. The van der Waals surface area contributed by atoms with E-state index in [1.165, 1.54) is 0 Å². The Morgan fingerprint density at radius 1 is 0.800 bits per heavy atom. The van der Waals surface area contributed by atoms with Crippen molar-refractivity contribution in [3.63, 3.8) is 0 Å². The molecule has 0 saturated carbocycles. The molecule has 0 spiro atoms. The average molecular weight is 320 g/mol. The van der Waals surface area contributed by atoms with Crippen LogP contribution in [0.1, 0.15) is 33.5 Å². The van der Waals surface area contributed by atoms with Crippen molar-refractivity contribution in [1.29, 1.82) is 0 Å². The van der Waals surface area contributed by atoms with Crippen molar-refractivity contribution in [2.75, 3.05) is 0 Å². The molecule has 0 aromatic heterocycles. The topological polar surface area (TPSA) is 169 Å². The maximum Gasteiger partial charge on any atom is 1.00 e. The molecule has 0 radical (unpaired) electrons. The van der Waals surface area contributed by atoms with E-state index in [1.807, 2.05) is 0 Å². The van der Waals surface area contributed by atoms with E-state index in [0.29, 0.717) is 12.8 Å². The maximum atomic E-state index is 9.90. The zero-order chi connectivity index (χ0) is 15.4. The predicted octanol–water partition coefficient (Wildman–Crippen LogP) is -3.26. The Hall–Kier alpha value is -0.524. The van der Waals surface area contributed by atoms with Gasteiger partial charge in [0, 0.05) is 12.8 Å².